The van der Waals surface area contributed by atoms with Gasteiger partial charge in [0.25, 0.3) is 0 Å². The number of amides is 1. The zero-order valence-corrected chi connectivity index (χ0v) is 12.0. The summed E-state index contributed by atoms with van der Waals surface area (Å²) in [4.78, 5) is 15.4. The van der Waals surface area contributed by atoms with Gasteiger partial charge in [-0.2, -0.15) is 11.8 Å². The average molecular weight is 299 g/mol. The molecule has 0 unspecified atom stereocenters. The van der Waals surface area contributed by atoms with E-state index in [0.29, 0.717) is 12.3 Å². The van der Waals surface area contributed by atoms with Crippen LogP contribution in [0.4, 0.5) is 5.88 Å². The van der Waals surface area contributed by atoms with Crippen molar-refractivity contribution in [2.45, 2.75) is 17.9 Å². The summed E-state index contributed by atoms with van der Waals surface area (Å²) < 4.78 is 5.21. The summed E-state index contributed by atoms with van der Waals surface area (Å²) >= 11 is 1.78. The molecule has 2 N–H and O–H groups in total. The van der Waals surface area contributed by atoms with E-state index in [1.807, 2.05) is 30.5 Å². The van der Waals surface area contributed by atoms with Gasteiger partial charge in [-0.1, -0.05) is 23.4 Å². The summed E-state index contributed by atoms with van der Waals surface area (Å²) in [5, 5.41) is 7.88. The van der Waals surface area contributed by atoms with Crippen LogP contribution in [0.25, 0.3) is 10.9 Å². The predicted octanol–water partition coefficient (Wildman–Crippen LogP) is 3.08. The number of aromatic amines is 1. The number of H-pyrrole nitrogens is 1. The number of fused-ring (bicyclic) bond motifs is 2. The zero-order chi connectivity index (χ0) is 14.2. The lowest BCUT2D eigenvalue weighted by molar-refractivity contribution is -0.115. The van der Waals surface area contributed by atoms with Gasteiger partial charge >= 0.3 is 0 Å². The van der Waals surface area contributed by atoms with E-state index in [9.17, 15) is 4.79 Å². The lowest BCUT2D eigenvalue weighted by Crippen LogP contribution is -2.14. The number of aromatic nitrogens is 2. The third-order valence-corrected chi connectivity index (χ3v) is 4.60. The van der Waals surface area contributed by atoms with Gasteiger partial charge in [0.05, 0.1) is 17.7 Å². The van der Waals surface area contributed by atoms with Crippen molar-refractivity contribution in [1.29, 1.82) is 0 Å². The molecule has 3 heterocycles. The first-order valence-electron chi connectivity index (χ1n) is 6.71. The molecule has 0 radical (unpaired) electrons. The number of para-hydroxylation sites is 1. The van der Waals surface area contributed by atoms with E-state index in [-0.39, 0.29) is 5.91 Å². The molecule has 0 saturated heterocycles. The molecule has 106 valence electrons. The molecule has 0 bridgehead atoms. The second-order valence-corrected chi connectivity index (χ2v) is 6.00. The standard InChI is InChI=1S/C15H13N3O2S/c19-14(17-15-11-7-21-8-13(11)18-20-15)5-9-6-16-12-4-2-1-3-10(9)12/h1-4,6,16H,5,7-8H2,(H,17,19). The minimum atomic E-state index is -0.0874. The molecule has 0 fully saturated rings. The van der Waals surface area contributed by atoms with Crippen molar-refractivity contribution in [2.24, 2.45) is 0 Å². The summed E-state index contributed by atoms with van der Waals surface area (Å²) in [6.07, 6.45) is 2.19. The number of hydrogen-bond acceptors (Lipinski definition) is 4. The van der Waals surface area contributed by atoms with Crippen molar-refractivity contribution in [3.05, 3.63) is 47.3 Å². The molecule has 1 amide bonds. The summed E-state index contributed by atoms with van der Waals surface area (Å²) in [7, 11) is 0. The van der Waals surface area contributed by atoms with Crippen molar-refractivity contribution < 1.29 is 9.32 Å². The highest BCUT2D eigenvalue weighted by atomic mass is 32.2. The largest absolute Gasteiger partial charge is 0.361 e. The van der Waals surface area contributed by atoms with Gasteiger partial charge in [0, 0.05) is 28.6 Å². The number of rotatable bonds is 3. The predicted molar refractivity (Wildman–Crippen MR) is 82.1 cm³/mol. The highest BCUT2D eigenvalue weighted by Gasteiger charge is 2.22. The number of thioether (sulfide) groups is 1. The Morgan fingerprint density at radius 2 is 2.29 bits per heavy atom. The van der Waals surface area contributed by atoms with E-state index in [2.05, 4.69) is 15.5 Å². The first-order chi connectivity index (χ1) is 10.3. The summed E-state index contributed by atoms with van der Waals surface area (Å²) in [6, 6.07) is 7.95. The molecule has 6 heteroatoms. The van der Waals surface area contributed by atoms with Gasteiger partial charge in [-0.25, -0.2) is 0 Å². The quantitative estimate of drug-likeness (QED) is 0.779. The number of benzene rings is 1. The lowest BCUT2D eigenvalue weighted by atomic mass is 10.1. The molecule has 2 aromatic heterocycles. The molecule has 0 spiro atoms. The Labute approximate surface area is 125 Å². The first-order valence-corrected chi connectivity index (χ1v) is 7.87. The Kier molecular flexibility index (Phi) is 2.96. The number of nitrogens with zero attached hydrogens (tertiary/aromatic N) is 1. The fourth-order valence-corrected chi connectivity index (χ4v) is 3.60. The molecule has 1 aliphatic rings. The van der Waals surface area contributed by atoms with Gasteiger partial charge in [-0.3, -0.25) is 10.1 Å². The molecule has 5 nitrogen and oxygen atoms in total. The monoisotopic (exact) mass is 299 g/mol. The molecule has 21 heavy (non-hydrogen) atoms. The van der Waals surface area contributed by atoms with Crippen molar-refractivity contribution >= 4 is 34.5 Å². The van der Waals surface area contributed by atoms with Crippen LogP contribution in [0.5, 0.6) is 0 Å². The van der Waals surface area contributed by atoms with Crippen molar-refractivity contribution in [3.63, 3.8) is 0 Å². The number of carbonyl (C=O) groups is 1. The third-order valence-electron chi connectivity index (χ3n) is 3.63. The normalized spacial score (nSPS) is 13.5. The van der Waals surface area contributed by atoms with E-state index in [0.717, 1.165) is 39.2 Å². The van der Waals surface area contributed by atoms with E-state index < -0.39 is 0 Å². The van der Waals surface area contributed by atoms with Gasteiger partial charge in [0.1, 0.15) is 0 Å². The van der Waals surface area contributed by atoms with Gasteiger partial charge in [0.2, 0.25) is 11.8 Å². The van der Waals surface area contributed by atoms with E-state index in [1.165, 1.54) is 0 Å². The van der Waals surface area contributed by atoms with Crippen molar-refractivity contribution in [2.75, 3.05) is 5.32 Å². The topological polar surface area (TPSA) is 70.9 Å². The van der Waals surface area contributed by atoms with E-state index >= 15 is 0 Å². The maximum atomic E-state index is 12.2. The minimum absolute atomic E-state index is 0.0874. The Morgan fingerprint density at radius 3 is 3.24 bits per heavy atom. The highest BCUT2D eigenvalue weighted by Crippen LogP contribution is 2.34. The average Bonchev–Trinajstić information content (AvgIpc) is 3.17. The molecule has 3 aromatic rings. The molecular formula is C15H13N3O2S. The van der Waals surface area contributed by atoms with Crippen LogP contribution < -0.4 is 5.32 Å². The summed E-state index contributed by atoms with van der Waals surface area (Å²) in [5.74, 6) is 2.12. The van der Waals surface area contributed by atoms with E-state index in [1.54, 1.807) is 11.8 Å². The van der Waals surface area contributed by atoms with Gasteiger partial charge in [-0.15, -0.1) is 0 Å². The second kappa shape index (κ2) is 4.96. The molecule has 1 aromatic carbocycles. The van der Waals surface area contributed by atoms with Crippen molar-refractivity contribution in [1.82, 2.24) is 10.1 Å². The smallest absolute Gasteiger partial charge is 0.235 e. The molecule has 0 atom stereocenters. The Hall–Kier alpha value is -2.21. The van der Waals surface area contributed by atoms with Gasteiger partial charge < -0.3 is 9.51 Å². The fraction of sp³-hybridized carbons (Fsp3) is 0.200. The van der Waals surface area contributed by atoms with Crippen LogP contribution >= 0.6 is 11.8 Å². The van der Waals surface area contributed by atoms with Crippen LogP contribution in [-0.4, -0.2) is 16.0 Å². The lowest BCUT2D eigenvalue weighted by Gasteiger charge is -2.02. The SMILES string of the molecule is O=C(Cc1c[nH]c2ccccc12)Nc1onc2c1CSC2. The van der Waals surface area contributed by atoms with Gasteiger partial charge in [-0.05, 0) is 11.6 Å². The molecule has 4 rings (SSSR count). The summed E-state index contributed by atoms with van der Waals surface area (Å²) in [5.41, 5.74) is 3.99. The number of anilines is 1. The zero-order valence-electron chi connectivity index (χ0n) is 11.2. The van der Waals surface area contributed by atoms with Crippen molar-refractivity contribution in [3.8, 4) is 0 Å². The van der Waals surface area contributed by atoms with Crippen LogP contribution in [0.15, 0.2) is 35.0 Å². The third kappa shape index (κ3) is 2.21. The molecular weight excluding hydrogens is 286 g/mol. The van der Waals surface area contributed by atoms with Crippen LogP contribution in [0.3, 0.4) is 0 Å². The van der Waals surface area contributed by atoms with E-state index in [4.69, 9.17) is 4.52 Å². The number of hydrogen-bond donors (Lipinski definition) is 2. The van der Waals surface area contributed by atoms with Crippen LogP contribution in [-0.2, 0) is 22.7 Å². The molecule has 1 aliphatic heterocycles. The molecule has 0 aliphatic carbocycles. The molecule has 0 saturated carbocycles. The Morgan fingerprint density at radius 1 is 1.38 bits per heavy atom. The van der Waals surface area contributed by atoms with Crippen LogP contribution in [0.1, 0.15) is 16.8 Å². The van der Waals surface area contributed by atoms with Crippen LogP contribution in [0.2, 0.25) is 0 Å². The minimum Gasteiger partial charge on any atom is -0.361 e. The van der Waals surface area contributed by atoms with Crippen LogP contribution in [0, 0.1) is 0 Å². The Balaban J connectivity index is 1.53. The maximum absolute atomic E-state index is 12.2. The fourth-order valence-electron chi connectivity index (χ4n) is 2.57. The highest BCUT2D eigenvalue weighted by molar-refractivity contribution is 7.98. The Bertz CT molecular complexity index is 821. The summed E-state index contributed by atoms with van der Waals surface area (Å²) in [6.45, 7) is 0. The number of nitrogens with one attached hydrogen (secondary N) is 2. The maximum Gasteiger partial charge on any atom is 0.235 e. The second-order valence-electron chi connectivity index (χ2n) is 5.01. The number of carbonyl (C=O) groups excluding carboxylic acids is 1. The first kappa shape index (κ1) is 12.5. The van der Waals surface area contributed by atoms with Gasteiger partial charge in [0.15, 0.2) is 0 Å².